The molecule has 92 valence electrons. The van der Waals surface area contributed by atoms with Crippen LogP contribution in [0.15, 0.2) is 6.33 Å². The van der Waals surface area contributed by atoms with E-state index in [2.05, 4.69) is 29.0 Å². The molecule has 1 N–H and O–H groups in total. The Bertz CT molecular complexity index is 261. The minimum atomic E-state index is 0.439. The highest BCUT2D eigenvalue weighted by Gasteiger charge is 2.23. The third-order valence-electron chi connectivity index (χ3n) is 3.10. The van der Waals surface area contributed by atoms with Gasteiger partial charge in [0.1, 0.15) is 12.2 Å². The maximum Gasteiger partial charge on any atom is 0.137 e. The predicted molar refractivity (Wildman–Crippen MR) is 64.3 cm³/mol. The van der Waals surface area contributed by atoms with Gasteiger partial charge in [-0.05, 0) is 18.8 Å². The number of ether oxygens (including phenoxy) is 1. The first-order valence-electron chi connectivity index (χ1n) is 6.17. The highest BCUT2D eigenvalue weighted by molar-refractivity contribution is 4.95. The van der Waals surface area contributed by atoms with Gasteiger partial charge >= 0.3 is 0 Å². The van der Waals surface area contributed by atoms with E-state index in [4.69, 9.17) is 4.74 Å². The molecule has 0 aliphatic rings. The number of nitrogens with zero attached hydrogens (tertiary/aromatic N) is 2. The van der Waals surface area contributed by atoms with Crippen molar-refractivity contribution in [3.63, 3.8) is 0 Å². The zero-order valence-corrected chi connectivity index (χ0v) is 10.6. The normalized spacial score (nSPS) is 14.9. The Kier molecular flexibility index (Phi) is 6.08. The lowest BCUT2D eigenvalue weighted by Crippen LogP contribution is -2.19. The van der Waals surface area contributed by atoms with Crippen LogP contribution < -0.4 is 0 Å². The van der Waals surface area contributed by atoms with Gasteiger partial charge in [-0.15, -0.1) is 0 Å². The quantitative estimate of drug-likeness (QED) is 0.740. The molecule has 4 nitrogen and oxygen atoms in total. The summed E-state index contributed by atoms with van der Waals surface area (Å²) in [4.78, 5) is 4.28. The van der Waals surface area contributed by atoms with Crippen LogP contribution in [0.1, 0.15) is 51.3 Å². The van der Waals surface area contributed by atoms with Gasteiger partial charge in [0.2, 0.25) is 0 Å². The molecule has 0 aromatic carbocycles. The third-order valence-corrected chi connectivity index (χ3v) is 3.10. The number of nitrogens with one attached hydrogen (secondary N) is 1. The van der Waals surface area contributed by atoms with E-state index < -0.39 is 0 Å². The number of unbranched alkanes of at least 4 members (excludes halogenated alkanes) is 1. The van der Waals surface area contributed by atoms with Crippen LogP contribution in [0.5, 0.6) is 0 Å². The Morgan fingerprint density at radius 3 is 2.75 bits per heavy atom. The van der Waals surface area contributed by atoms with Crippen molar-refractivity contribution < 1.29 is 4.74 Å². The molecule has 0 radical (unpaired) electrons. The van der Waals surface area contributed by atoms with Gasteiger partial charge in [0, 0.05) is 19.6 Å². The summed E-state index contributed by atoms with van der Waals surface area (Å²) in [6.45, 7) is 5.22. The highest BCUT2D eigenvalue weighted by atomic mass is 16.5. The van der Waals surface area contributed by atoms with Crippen LogP contribution in [0, 0.1) is 5.92 Å². The van der Waals surface area contributed by atoms with Crippen molar-refractivity contribution in [3.8, 4) is 0 Å². The van der Waals surface area contributed by atoms with Crippen LogP contribution in [-0.4, -0.2) is 28.9 Å². The summed E-state index contributed by atoms with van der Waals surface area (Å²) in [5.41, 5.74) is 0. The Morgan fingerprint density at radius 2 is 2.25 bits per heavy atom. The van der Waals surface area contributed by atoms with Gasteiger partial charge < -0.3 is 4.74 Å². The molecule has 0 saturated carbocycles. The second-order valence-electron chi connectivity index (χ2n) is 4.24. The molecule has 0 fully saturated rings. The molecule has 0 saturated heterocycles. The first kappa shape index (κ1) is 13.2. The molecule has 2 atom stereocenters. The summed E-state index contributed by atoms with van der Waals surface area (Å²) in [6, 6.07) is 0. The van der Waals surface area contributed by atoms with Gasteiger partial charge in [-0.3, -0.25) is 5.10 Å². The fourth-order valence-corrected chi connectivity index (χ4v) is 2.22. The lowest BCUT2D eigenvalue weighted by Gasteiger charge is -2.23. The summed E-state index contributed by atoms with van der Waals surface area (Å²) in [5, 5.41) is 6.92. The standard InChI is InChI=1S/C12H23N3O/c1-4-6-7-10(8-16-3)11(5-2)12-13-9-14-15-12/h9-11H,4-8H2,1-3H3,(H,13,14,15). The Hall–Kier alpha value is -0.900. The average Bonchev–Trinajstić information content (AvgIpc) is 2.80. The zero-order valence-electron chi connectivity index (χ0n) is 10.6. The van der Waals surface area contributed by atoms with E-state index in [1.165, 1.54) is 19.3 Å². The van der Waals surface area contributed by atoms with Crippen LogP contribution in [0.25, 0.3) is 0 Å². The molecule has 1 aromatic rings. The van der Waals surface area contributed by atoms with E-state index >= 15 is 0 Å². The first-order chi connectivity index (χ1) is 7.83. The van der Waals surface area contributed by atoms with Crippen molar-refractivity contribution in [2.24, 2.45) is 5.92 Å². The molecule has 16 heavy (non-hydrogen) atoms. The van der Waals surface area contributed by atoms with Crippen molar-refractivity contribution in [1.29, 1.82) is 0 Å². The minimum absolute atomic E-state index is 0.439. The molecule has 0 spiro atoms. The summed E-state index contributed by atoms with van der Waals surface area (Å²) in [7, 11) is 1.77. The average molecular weight is 225 g/mol. The van der Waals surface area contributed by atoms with Crippen molar-refractivity contribution in [1.82, 2.24) is 15.2 Å². The van der Waals surface area contributed by atoms with Crippen molar-refractivity contribution in [2.75, 3.05) is 13.7 Å². The van der Waals surface area contributed by atoms with Crippen molar-refractivity contribution in [3.05, 3.63) is 12.2 Å². The van der Waals surface area contributed by atoms with Crippen LogP contribution in [0.4, 0.5) is 0 Å². The zero-order chi connectivity index (χ0) is 11.8. The number of hydrogen-bond donors (Lipinski definition) is 1. The molecule has 1 rings (SSSR count). The maximum atomic E-state index is 5.32. The molecular weight excluding hydrogens is 202 g/mol. The summed E-state index contributed by atoms with van der Waals surface area (Å²) >= 11 is 0. The number of hydrogen-bond acceptors (Lipinski definition) is 3. The number of aromatic amines is 1. The second kappa shape index (κ2) is 7.39. The van der Waals surface area contributed by atoms with E-state index in [-0.39, 0.29) is 0 Å². The molecule has 0 amide bonds. The lowest BCUT2D eigenvalue weighted by atomic mass is 9.86. The molecule has 0 aliphatic heterocycles. The highest BCUT2D eigenvalue weighted by Crippen LogP contribution is 2.29. The summed E-state index contributed by atoms with van der Waals surface area (Å²) in [6.07, 6.45) is 6.34. The van der Waals surface area contributed by atoms with Crippen LogP contribution >= 0.6 is 0 Å². The van der Waals surface area contributed by atoms with Crippen molar-refractivity contribution in [2.45, 2.75) is 45.4 Å². The monoisotopic (exact) mass is 225 g/mol. The van der Waals surface area contributed by atoms with Gasteiger partial charge in [0.15, 0.2) is 0 Å². The van der Waals surface area contributed by atoms with E-state index in [0.29, 0.717) is 11.8 Å². The molecule has 0 aliphatic carbocycles. The molecule has 1 heterocycles. The van der Waals surface area contributed by atoms with Gasteiger partial charge in [-0.2, -0.15) is 5.10 Å². The summed E-state index contributed by atoms with van der Waals surface area (Å²) < 4.78 is 5.32. The SMILES string of the molecule is CCCCC(COC)C(CC)c1ncn[nH]1. The third kappa shape index (κ3) is 3.59. The Balaban J connectivity index is 2.65. The second-order valence-corrected chi connectivity index (χ2v) is 4.24. The summed E-state index contributed by atoms with van der Waals surface area (Å²) in [5.74, 6) is 1.98. The van der Waals surface area contributed by atoms with Crippen molar-refractivity contribution >= 4 is 0 Å². The smallest absolute Gasteiger partial charge is 0.137 e. The van der Waals surface area contributed by atoms with Crippen LogP contribution in [-0.2, 0) is 4.74 Å². The van der Waals surface area contributed by atoms with Gasteiger partial charge in [-0.25, -0.2) is 4.98 Å². The fourth-order valence-electron chi connectivity index (χ4n) is 2.22. The van der Waals surface area contributed by atoms with E-state index in [9.17, 15) is 0 Å². The van der Waals surface area contributed by atoms with Gasteiger partial charge in [-0.1, -0.05) is 26.7 Å². The van der Waals surface area contributed by atoms with E-state index in [0.717, 1.165) is 18.9 Å². The van der Waals surface area contributed by atoms with Crippen LogP contribution in [0.3, 0.4) is 0 Å². The van der Waals surface area contributed by atoms with Gasteiger partial charge in [0.25, 0.3) is 0 Å². The first-order valence-corrected chi connectivity index (χ1v) is 6.17. The Morgan fingerprint density at radius 1 is 1.44 bits per heavy atom. The van der Waals surface area contributed by atoms with E-state index in [1.54, 1.807) is 13.4 Å². The largest absolute Gasteiger partial charge is 0.384 e. The topological polar surface area (TPSA) is 50.8 Å². The fraction of sp³-hybridized carbons (Fsp3) is 0.833. The molecule has 4 heteroatoms. The number of rotatable bonds is 8. The lowest BCUT2D eigenvalue weighted by molar-refractivity contribution is 0.129. The maximum absolute atomic E-state index is 5.32. The minimum Gasteiger partial charge on any atom is -0.384 e. The van der Waals surface area contributed by atoms with Gasteiger partial charge in [0.05, 0.1) is 0 Å². The van der Waals surface area contributed by atoms with Crippen LogP contribution in [0.2, 0.25) is 0 Å². The van der Waals surface area contributed by atoms with E-state index in [1.807, 2.05) is 0 Å². The molecule has 2 unspecified atom stereocenters. The molecule has 1 aromatic heterocycles. The number of methoxy groups -OCH3 is 1. The molecular formula is C12H23N3O. The Labute approximate surface area is 97.8 Å². The molecule has 0 bridgehead atoms. The number of aromatic nitrogens is 3. The number of H-pyrrole nitrogens is 1. The predicted octanol–water partition coefficient (Wildman–Crippen LogP) is 2.75.